The fraction of sp³-hybridized carbons (Fsp3) is 0.280. The molecule has 2 aliphatic heterocycles. The molecule has 0 saturated heterocycles. The minimum Gasteiger partial charge on any atom is -0.363 e. The molecule has 8 heteroatoms. The molecule has 3 aliphatic rings. The van der Waals surface area contributed by atoms with Crippen molar-refractivity contribution in [3.8, 4) is 5.69 Å². The Kier molecular flexibility index (Phi) is 4.78. The van der Waals surface area contributed by atoms with Crippen LogP contribution in [0.4, 0.5) is 10.1 Å². The standard InChI is InChI=1S/C25H23FN6O/c26-20-12-17(3-6-22(20)32-13-21(29-14-32)15-1-2-15)24-27-10-8-23(31-24)30-18-4-5-19-16(11-18)7-9-28-25(19)33/h3-6,10-15,23,30H,1-2,7-9H2,(H,28,33). The maximum Gasteiger partial charge on any atom is 0.251 e. The molecular weight excluding hydrogens is 419 g/mol. The number of nitrogens with one attached hydrogen (secondary N) is 2. The van der Waals surface area contributed by atoms with E-state index in [4.69, 9.17) is 4.99 Å². The fourth-order valence-corrected chi connectivity index (χ4v) is 4.34. The number of carbonyl (C=O) groups is 1. The average molecular weight is 442 g/mol. The molecule has 2 N–H and O–H groups in total. The molecule has 33 heavy (non-hydrogen) atoms. The zero-order chi connectivity index (χ0) is 22.4. The number of aliphatic imine (C=N–C) groups is 2. The lowest BCUT2D eigenvalue weighted by Crippen LogP contribution is -2.32. The normalized spacial score (nSPS) is 19.6. The van der Waals surface area contributed by atoms with E-state index in [9.17, 15) is 9.18 Å². The van der Waals surface area contributed by atoms with E-state index in [0.717, 1.165) is 41.8 Å². The van der Waals surface area contributed by atoms with Gasteiger partial charge in [-0.1, -0.05) is 0 Å². The summed E-state index contributed by atoms with van der Waals surface area (Å²) in [4.78, 5) is 25.5. The minimum atomic E-state index is -0.340. The predicted octanol–water partition coefficient (Wildman–Crippen LogP) is 3.83. The van der Waals surface area contributed by atoms with Crippen LogP contribution >= 0.6 is 0 Å². The topological polar surface area (TPSA) is 83.7 Å². The summed E-state index contributed by atoms with van der Waals surface area (Å²) in [6, 6.07) is 10.8. The van der Waals surface area contributed by atoms with Crippen molar-refractivity contribution in [1.29, 1.82) is 0 Å². The quantitative estimate of drug-likeness (QED) is 0.630. The monoisotopic (exact) mass is 442 g/mol. The van der Waals surface area contributed by atoms with Gasteiger partial charge in [0.1, 0.15) is 12.0 Å². The van der Waals surface area contributed by atoms with Crippen molar-refractivity contribution in [1.82, 2.24) is 14.9 Å². The number of anilines is 1. The van der Waals surface area contributed by atoms with Crippen molar-refractivity contribution < 1.29 is 9.18 Å². The second-order valence-corrected chi connectivity index (χ2v) is 8.68. The van der Waals surface area contributed by atoms with Gasteiger partial charge in [0.2, 0.25) is 0 Å². The number of rotatable bonds is 5. The number of fused-ring (bicyclic) bond motifs is 1. The van der Waals surface area contributed by atoms with Crippen LogP contribution in [0.15, 0.2) is 58.9 Å². The van der Waals surface area contributed by atoms with E-state index in [-0.39, 0.29) is 17.9 Å². The first-order valence-corrected chi connectivity index (χ1v) is 11.3. The molecule has 1 saturated carbocycles. The van der Waals surface area contributed by atoms with Gasteiger partial charge in [-0.05, 0) is 61.2 Å². The van der Waals surface area contributed by atoms with E-state index in [1.54, 1.807) is 23.2 Å². The van der Waals surface area contributed by atoms with Crippen molar-refractivity contribution >= 4 is 23.6 Å². The Hall–Kier alpha value is -3.81. The van der Waals surface area contributed by atoms with Crippen molar-refractivity contribution in [2.24, 2.45) is 9.98 Å². The van der Waals surface area contributed by atoms with Crippen molar-refractivity contribution in [3.05, 3.63) is 77.1 Å². The predicted molar refractivity (Wildman–Crippen MR) is 125 cm³/mol. The highest BCUT2D eigenvalue weighted by atomic mass is 19.1. The number of amidine groups is 1. The van der Waals surface area contributed by atoms with Gasteiger partial charge in [0.05, 0.1) is 17.7 Å². The molecule has 3 aromatic rings. The Morgan fingerprint density at radius 1 is 1.15 bits per heavy atom. The summed E-state index contributed by atoms with van der Waals surface area (Å²) in [5.74, 6) is 0.646. The maximum absolute atomic E-state index is 14.9. The summed E-state index contributed by atoms with van der Waals surface area (Å²) in [7, 11) is 0. The molecule has 1 aliphatic carbocycles. The van der Waals surface area contributed by atoms with E-state index >= 15 is 0 Å². The van der Waals surface area contributed by atoms with Gasteiger partial charge in [0.25, 0.3) is 5.91 Å². The van der Waals surface area contributed by atoms with Gasteiger partial charge in [0.15, 0.2) is 5.84 Å². The number of aromatic nitrogens is 2. The van der Waals surface area contributed by atoms with Gasteiger partial charge in [0, 0.05) is 48.1 Å². The minimum absolute atomic E-state index is 0.0298. The Morgan fingerprint density at radius 3 is 2.91 bits per heavy atom. The van der Waals surface area contributed by atoms with E-state index in [0.29, 0.717) is 36.0 Å². The van der Waals surface area contributed by atoms with Crippen LogP contribution < -0.4 is 10.6 Å². The van der Waals surface area contributed by atoms with Gasteiger partial charge < -0.3 is 15.2 Å². The van der Waals surface area contributed by atoms with Crippen LogP contribution in [0.1, 0.15) is 52.4 Å². The summed E-state index contributed by atoms with van der Waals surface area (Å²) in [6.07, 6.45) is 8.92. The Labute approximate surface area is 190 Å². The summed E-state index contributed by atoms with van der Waals surface area (Å²) < 4.78 is 16.7. The lowest BCUT2D eigenvalue weighted by Gasteiger charge is -2.21. The number of imidazole rings is 1. The molecule has 0 bridgehead atoms. The fourth-order valence-electron chi connectivity index (χ4n) is 4.34. The number of benzene rings is 2. The highest BCUT2D eigenvalue weighted by Crippen LogP contribution is 2.39. The molecule has 6 rings (SSSR count). The molecule has 1 atom stereocenters. The molecule has 7 nitrogen and oxygen atoms in total. The molecular formula is C25H23FN6O. The molecule has 3 heterocycles. The van der Waals surface area contributed by atoms with Crippen molar-refractivity contribution in [3.63, 3.8) is 0 Å². The first-order chi connectivity index (χ1) is 16.1. The number of hydrogen-bond acceptors (Lipinski definition) is 5. The highest BCUT2D eigenvalue weighted by Gasteiger charge is 2.26. The smallest absolute Gasteiger partial charge is 0.251 e. The van der Waals surface area contributed by atoms with Gasteiger partial charge in [-0.2, -0.15) is 0 Å². The van der Waals surface area contributed by atoms with E-state index in [1.807, 2.05) is 30.5 Å². The van der Waals surface area contributed by atoms with Crippen LogP contribution in [0, 0.1) is 5.82 Å². The Morgan fingerprint density at radius 2 is 2.06 bits per heavy atom. The molecule has 1 amide bonds. The van der Waals surface area contributed by atoms with Crippen LogP contribution in [0.5, 0.6) is 0 Å². The number of carbonyl (C=O) groups excluding carboxylic acids is 1. The molecule has 0 spiro atoms. The number of hydrogen-bond donors (Lipinski definition) is 2. The number of halogens is 1. The van der Waals surface area contributed by atoms with E-state index in [2.05, 4.69) is 20.6 Å². The summed E-state index contributed by atoms with van der Waals surface area (Å²) in [6.45, 7) is 0.649. The summed E-state index contributed by atoms with van der Waals surface area (Å²) in [5, 5.41) is 6.26. The van der Waals surface area contributed by atoms with Gasteiger partial charge in [-0.15, -0.1) is 0 Å². The Bertz CT molecular complexity index is 1310. The SMILES string of the molecule is O=C1NCCc2cc(NC3CC=NC(c4ccc(-n5cnc(C6CC6)c5)c(F)c4)=N3)ccc21. The Balaban J connectivity index is 1.21. The molecule has 1 unspecified atom stereocenters. The van der Waals surface area contributed by atoms with Crippen LogP contribution in [-0.4, -0.2) is 40.2 Å². The second-order valence-electron chi connectivity index (χ2n) is 8.68. The third kappa shape index (κ3) is 3.92. The molecule has 166 valence electrons. The molecule has 0 radical (unpaired) electrons. The molecule has 2 aromatic carbocycles. The number of amides is 1. The lowest BCUT2D eigenvalue weighted by molar-refractivity contribution is 0.0946. The number of nitrogens with zero attached hydrogens (tertiary/aromatic N) is 4. The second kappa shape index (κ2) is 7.95. The van der Waals surface area contributed by atoms with Crippen LogP contribution in [0.2, 0.25) is 0 Å². The van der Waals surface area contributed by atoms with Crippen LogP contribution in [0.25, 0.3) is 5.69 Å². The lowest BCUT2D eigenvalue weighted by atomic mass is 9.99. The highest BCUT2D eigenvalue weighted by molar-refractivity contribution is 6.04. The van der Waals surface area contributed by atoms with Crippen LogP contribution in [-0.2, 0) is 6.42 Å². The third-order valence-electron chi connectivity index (χ3n) is 6.27. The van der Waals surface area contributed by atoms with Gasteiger partial charge >= 0.3 is 0 Å². The van der Waals surface area contributed by atoms with Crippen LogP contribution in [0.3, 0.4) is 0 Å². The third-order valence-corrected chi connectivity index (χ3v) is 6.27. The summed E-state index contributed by atoms with van der Waals surface area (Å²) in [5.41, 5.74) is 4.77. The van der Waals surface area contributed by atoms with Crippen molar-refractivity contribution in [2.75, 3.05) is 11.9 Å². The van der Waals surface area contributed by atoms with E-state index < -0.39 is 0 Å². The zero-order valence-electron chi connectivity index (χ0n) is 18.0. The van der Waals surface area contributed by atoms with E-state index in [1.165, 1.54) is 6.07 Å². The maximum atomic E-state index is 14.9. The average Bonchev–Trinajstić information content (AvgIpc) is 3.56. The van der Waals surface area contributed by atoms with Gasteiger partial charge in [-0.3, -0.25) is 4.79 Å². The first-order valence-electron chi connectivity index (χ1n) is 11.3. The molecule has 1 aromatic heterocycles. The summed E-state index contributed by atoms with van der Waals surface area (Å²) >= 11 is 0. The van der Waals surface area contributed by atoms with Gasteiger partial charge in [-0.25, -0.2) is 19.4 Å². The first kappa shape index (κ1) is 19.8. The largest absolute Gasteiger partial charge is 0.363 e. The van der Waals surface area contributed by atoms with Crippen molar-refractivity contribution in [2.45, 2.75) is 37.8 Å². The zero-order valence-corrected chi connectivity index (χ0v) is 18.0. The molecule has 1 fully saturated rings.